The number of pyridine rings is 1. The molecule has 0 unspecified atom stereocenters. The van der Waals surface area contributed by atoms with Crippen molar-refractivity contribution in [2.75, 3.05) is 13.2 Å². The first-order chi connectivity index (χ1) is 11.7. The zero-order valence-corrected chi connectivity index (χ0v) is 13.3. The smallest absolute Gasteiger partial charge is 0.257 e. The summed E-state index contributed by atoms with van der Waals surface area (Å²) in [6, 6.07) is 13.3. The van der Waals surface area contributed by atoms with Crippen molar-refractivity contribution in [1.82, 2.24) is 10.3 Å². The average Bonchev–Trinajstić information content (AvgIpc) is 2.59. The second-order valence-electron chi connectivity index (χ2n) is 5.33. The summed E-state index contributed by atoms with van der Waals surface area (Å²) in [6.45, 7) is 2.35. The normalized spacial score (nSPS) is 10.5. The molecule has 0 saturated carbocycles. The summed E-state index contributed by atoms with van der Waals surface area (Å²) in [5.41, 5.74) is 1.54. The first-order valence-corrected chi connectivity index (χ1v) is 7.74. The minimum absolute atomic E-state index is 0.0641. The Morgan fingerprint density at radius 2 is 2.04 bits per heavy atom. The molecule has 5 heteroatoms. The number of likely N-dealkylation sites (N-methyl/N-ethyl adjacent to an activating group) is 1. The van der Waals surface area contributed by atoms with E-state index in [0.717, 1.165) is 21.9 Å². The molecule has 2 aromatic carbocycles. The van der Waals surface area contributed by atoms with E-state index in [1.807, 2.05) is 43.3 Å². The topological polar surface area (TPSA) is 71.5 Å². The van der Waals surface area contributed by atoms with E-state index < -0.39 is 0 Å². The second kappa shape index (κ2) is 7.00. The van der Waals surface area contributed by atoms with Crippen molar-refractivity contribution < 1.29 is 14.6 Å². The minimum atomic E-state index is -0.175. The van der Waals surface area contributed by atoms with Crippen LogP contribution in [-0.4, -0.2) is 29.1 Å². The number of rotatable bonds is 5. The fourth-order valence-corrected chi connectivity index (χ4v) is 2.63. The van der Waals surface area contributed by atoms with Crippen LogP contribution in [0.25, 0.3) is 21.9 Å². The molecule has 0 spiro atoms. The van der Waals surface area contributed by atoms with Crippen LogP contribution in [0.2, 0.25) is 0 Å². The zero-order chi connectivity index (χ0) is 16.9. The Kier molecular flexibility index (Phi) is 4.61. The van der Waals surface area contributed by atoms with Crippen LogP contribution >= 0.6 is 0 Å². The van der Waals surface area contributed by atoms with E-state index in [1.54, 1.807) is 12.3 Å². The summed E-state index contributed by atoms with van der Waals surface area (Å²) in [4.78, 5) is 15.7. The van der Waals surface area contributed by atoms with Crippen molar-refractivity contribution in [3.8, 4) is 22.6 Å². The van der Waals surface area contributed by atoms with Gasteiger partial charge in [-0.1, -0.05) is 30.3 Å². The molecule has 3 rings (SSSR count). The van der Waals surface area contributed by atoms with Crippen molar-refractivity contribution in [2.24, 2.45) is 0 Å². The van der Waals surface area contributed by atoms with Gasteiger partial charge in [-0.25, -0.2) is 0 Å². The summed E-state index contributed by atoms with van der Waals surface area (Å²) in [7, 11) is 0. The SMILES string of the molecule is CCNC(=O)COc1ccc2ccccc2c1-c1cncc(O)c1. The molecule has 2 N–H and O–H groups in total. The number of fused-ring (bicyclic) bond motifs is 1. The van der Waals surface area contributed by atoms with Gasteiger partial charge in [0.1, 0.15) is 11.5 Å². The van der Waals surface area contributed by atoms with Crippen LogP contribution in [0.3, 0.4) is 0 Å². The summed E-state index contributed by atoms with van der Waals surface area (Å²) < 4.78 is 5.73. The standard InChI is InChI=1S/C19H18N2O3/c1-2-21-18(23)12-24-17-8-7-13-5-3-4-6-16(13)19(17)14-9-15(22)11-20-10-14/h3-11,22H,2,12H2,1H3,(H,21,23). The maximum absolute atomic E-state index is 11.7. The van der Waals surface area contributed by atoms with Crippen LogP contribution in [0.5, 0.6) is 11.5 Å². The lowest BCUT2D eigenvalue weighted by Gasteiger charge is -2.14. The van der Waals surface area contributed by atoms with Gasteiger partial charge in [0.05, 0.1) is 6.20 Å². The van der Waals surface area contributed by atoms with Gasteiger partial charge in [0.2, 0.25) is 0 Å². The Balaban J connectivity index is 2.08. The molecular weight excluding hydrogens is 304 g/mol. The van der Waals surface area contributed by atoms with Crippen LogP contribution < -0.4 is 10.1 Å². The van der Waals surface area contributed by atoms with Crippen molar-refractivity contribution in [2.45, 2.75) is 6.92 Å². The van der Waals surface area contributed by atoms with Gasteiger partial charge in [-0.2, -0.15) is 0 Å². The molecule has 1 amide bonds. The molecule has 3 aromatic rings. The van der Waals surface area contributed by atoms with E-state index in [0.29, 0.717) is 12.3 Å². The Morgan fingerprint density at radius 1 is 1.21 bits per heavy atom. The molecule has 0 bridgehead atoms. The van der Waals surface area contributed by atoms with Gasteiger partial charge < -0.3 is 15.2 Å². The lowest BCUT2D eigenvalue weighted by atomic mass is 9.98. The summed E-state index contributed by atoms with van der Waals surface area (Å²) in [5.74, 6) is 0.480. The molecule has 0 aliphatic heterocycles. The Morgan fingerprint density at radius 3 is 2.83 bits per heavy atom. The molecule has 1 heterocycles. The van der Waals surface area contributed by atoms with Gasteiger partial charge in [-0.15, -0.1) is 0 Å². The third-order valence-corrected chi connectivity index (χ3v) is 3.64. The fourth-order valence-electron chi connectivity index (χ4n) is 2.63. The van der Waals surface area contributed by atoms with Gasteiger partial charge in [-0.05, 0) is 29.8 Å². The quantitative estimate of drug-likeness (QED) is 0.757. The van der Waals surface area contributed by atoms with Crippen molar-refractivity contribution in [3.05, 3.63) is 54.9 Å². The molecule has 5 nitrogen and oxygen atoms in total. The number of nitrogens with one attached hydrogen (secondary N) is 1. The third kappa shape index (κ3) is 3.30. The first-order valence-electron chi connectivity index (χ1n) is 7.74. The minimum Gasteiger partial charge on any atom is -0.506 e. The summed E-state index contributed by atoms with van der Waals surface area (Å²) >= 11 is 0. The van der Waals surface area contributed by atoms with E-state index in [1.165, 1.54) is 6.20 Å². The number of ether oxygens (including phenoxy) is 1. The number of aromatic hydroxyl groups is 1. The Hall–Kier alpha value is -3.08. The Labute approximate surface area is 139 Å². The van der Waals surface area contributed by atoms with Gasteiger partial charge in [0.15, 0.2) is 6.61 Å². The number of benzene rings is 2. The predicted octanol–water partition coefficient (Wildman–Crippen LogP) is 3.12. The summed E-state index contributed by atoms with van der Waals surface area (Å²) in [6.07, 6.45) is 3.05. The molecule has 0 saturated heterocycles. The highest BCUT2D eigenvalue weighted by molar-refractivity contribution is 5.99. The number of amides is 1. The molecule has 122 valence electrons. The highest BCUT2D eigenvalue weighted by Crippen LogP contribution is 2.37. The van der Waals surface area contributed by atoms with Crippen LogP contribution in [0, 0.1) is 0 Å². The largest absolute Gasteiger partial charge is 0.506 e. The fraction of sp³-hybridized carbons (Fsp3) is 0.158. The van der Waals surface area contributed by atoms with Gasteiger partial charge >= 0.3 is 0 Å². The number of hydrogen-bond acceptors (Lipinski definition) is 4. The molecule has 0 radical (unpaired) electrons. The Bertz CT molecular complexity index is 877. The van der Waals surface area contributed by atoms with Crippen LogP contribution in [0.15, 0.2) is 54.9 Å². The third-order valence-electron chi connectivity index (χ3n) is 3.64. The van der Waals surface area contributed by atoms with Gasteiger partial charge in [0, 0.05) is 23.9 Å². The molecule has 0 aliphatic carbocycles. The van der Waals surface area contributed by atoms with E-state index in [2.05, 4.69) is 10.3 Å². The predicted molar refractivity (Wildman–Crippen MR) is 93.0 cm³/mol. The van der Waals surface area contributed by atoms with Gasteiger partial charge in [0.25, 0.3) is 5.91 Å². The number of carbonyl (C=O) groups excluding carboxylic acids is 1. The van der Waals surface area contributed by atoms with Crippen LogP contribution in [0.4, 0.5) is 0 Å². The van der Waals surface area contributed by atoms with E-state index in [4.69, 9.17) is 4.74 Å². The van der Waals surface area contributed by atoms with Gasteiger partial charge in [-0.3, -0.25) is 9.78 Å². The lowest BCUT2D eigenvalue weighted by Crippen LogP contribution is -2.28. The highest BCUT2D eigenvalue weighted by atomic mass is 16.5. The van der Waals surface area contributed by atoms with Crippen molar-refractivity contribution in [3.63, 3.8) is 0 Å². The second-order valence-corrected chi connectivity index (χ2v) is 5.33. The van der Waals surface area contributed by atoms with Crippen LogP contribution in [-0.2, 0) is 4.79 Å². The summed E-state index contributed by atoms with van der Waals surface area (Å²) in [5, 5.41) is 14.5. The molecule has 0 fully saturated rings. The van der Waals surface area contributed by atoms with Crippen molar-refractivity contribution >= 4 is 16.7 Å². The molecular formula is C19H18N2O3. The maximum atomic E-state index is 11.7. The first kappa shape index (κ1) is 15.8. The maximum Gasteiger partial charge on any atom is 0.257 e. The number of aromatic nitrogens is 1. The zero-order valence-electron chi connectivity index (χ0n) is 13.3. The molecule has 1 aromatic heterocycles. The number of nitrogens with zero attached hydrogens (tertiary/aromatic N) is 1. The number of hydrogen-bond donors (Lipinski definition) is 2. The number of carbonyl (C=O) groups is 1. The van der Waals surface area contributed by atoms with Crippen molar-refractivity contribution in [1.29, 1.82) is 0 Å². The molecule has 24 heavy (non-hydrogen) atoms. The highest BCUT2D eigenvalue weighted by Gasteiger charge is 2.13. The van der Waals surface area contributed by atoms with Crippen LogP contribution in [0.1, 0.15) is 6.92 Å². The monoisotopic (exact) mass is 322 g/mol. The van der Waals surface area contributed by atoms with E-state index in [-0.39, 0.29) is 18.3 Å². The lowest BCUT2D eigenvalue weighted by molar-refractivity contribution is -0.122. The average molecular weight is 322 g/mol. The van der Waals surface area contributed by atoms with E-state index in [9.17, 15) is 9.90 Å². The van der Waals surface area contributed by atoms with E-state index >= 15 is 0 Å². The molecule has 0 aliphatic rings. The molecule has 0 atom stereocenters.